The van der Waals surface area contributed by atoms with Gasteiger partial charge in [0.1, 0.15) is 18.6 Å². The molecule has 1 aromatic heterocycles. The Morgan fingerprint density at radius 1 is 1.10 bits per heavy atom. The number of aromatic nitrogens is 2. The third-order valence-corrected chi connectivity index (χ3v) is 9.80. The molecular weight excluding hydrogens is 521 g/mol. The average molecular weight is 558 g/mol. The first kappa shape index (κ1) is 25.7. The number of rotatable bonds is 4. The third kappa shape index (κ3) is 4.55. The summed E-state index contributed by atoms with van der Waals surface area (Å²) in [6.07, 6.45) is 6.06. The molecule has 0 radical (unpaired) electrons. The maximum atomic E-state index is 14.4. The molecule has 1 spiro atoms. The highest BCUT2D eigenvalue weighted by Gasteiger charge is 2.50. The van der Waals surface area contributed by atoms with Gasteiger partial charge in [-0.05, 0) is 68.3 Å². The van der Waals surface area contributed by atoms with E-state index in [1.54, 1.807) is 0 Å². The SMILES string of the molecule is Nc1cc(Cl)c2c(c1)[C@]1(CCC2)Cc2nc(OC[C@@]34CCCN3C[C@H](F)C4)nc(N3CCCOCC3)c2CO1. The Hall–Kier alpha value is -2.20. The minimum atomic E-state index is -0.798. The summed E-state index contributed by atoms with van der Waals surface area (Å²) in [5, 5.41) is 0.707. The van der Waals surface area contributed by atoms with E-state index in [9.17, 15) is 4.39 Å². The molecule has 8 nitrogen and oxygen atoms in total. The van der Waals surface area contributed by atoms with Gasteiger partial charge in [0.2, 0.25) is 0 Å². The van der Waals surface area contributed by atoms with Crippen molar-refractivity contribution in [3.05, 3.63) is 39.5 Å². The van der Waals surface area contributed by atoms with Crippen LogP contribution in [0.25, 0.3) is 0 Å². The summed E-state index contributed by atoms with van der Waals surface area (Å²) >= 11 is 6.64. The van der Waals surface area contributed by atoms with Gasteiger partial charge < -0.3 is 24.8 Å². The Morgan fingerprint density at radius 3 is 2.95 bits per heavy atom. The molecule has 1 aliphatic carbocycles. The van der Waals surface area contributed by atoms with E-state index in [0.717, 1.165) is 93.0 Å². The zero-order chi connectivity index (χ0) is 26.6. The largest absolute Gasteiger partial charge is 0.461 e. The number of nitrogens with two attached hydrogens (primary N) is 1. The van der Waals surface area contributed by atoms with Crippen molar-refractivity contribution >= 4 is 23.1 Å². The number of alkyl halides is 1. The number of nitrogen functional groups attached to an aromatic ring is 1. The van der Waals surface area contributed by atoms with Gasteiger partial charge in [0.25, 0.3) is 0 Å². The number of anilines is 2. The van der Waals surface area contributed by atoms with Gasteiger partial charge in [-0.2, -0.15) is 9.97 Å². The van der Waals surface area contributed by atoms with Crippen molar-refractivity contribution in [2.75, 3.05) is 56.6 Å². The molecule has 4 aliphatic heterocycles. The van der Waals surface area contributed by atoms with E-state index in [0.29, 0.717) is 55.9 Å². The van der Waals surface area contributed by atoms with E-state index in [1.807, 2.05) is 12.1 Å². The summed E-state index contributed by atoms with van der Waals surface area (Å²) in [5.41, 5.74) is 10.3. The number of nitrogens with zero attached hydrogens (tertiary/aromatic N) is 4. The lowest BCUT2D eigenvalue weighted by Crippen LogP contribution is -2.44. The number of ether oxygens (including phenoxy) is 3. The van der Waals surface area contributed by atoms with E-state index in [2.05, 4.69) is 9.80 Å². The molecule has 5 heterocycles. The zero-order valence-electron chi connectivity index (χ0n) is 22.4. The van der Waals surface area contributed by atoms with Gasteiger partial charge in [-0.3, -0.25) is 4.90 Å². The normalized spacial score (nSPS) is 30.6. The molecule has 210 valence electrons. The molecule has 10 heteroatoms. The highest BCUT2D eigenvalue weighted by Crippen LogP contribution is 2.48. The predicted octanol–water partition coefficient (Wildman–Crippen LogP) is 4.20. The van der Waals surface area contributed by atoms with Crippen molar-refractivity contribution in [2.24, 2.45) is 0 Å². The zero-order valence-corrected chi connectivity index (χ0v) is 23.1. The van der Waals surface area contributed by atoms with Crippen LogP contribution in [-0.4, -0.2) is 72.6 Å². The molecule has 2 aromatic rings. The van der Waals surface area contributed by atoms with Crippen LogP contribution in [0.5, 0.6) is 6.01 Å². The molecule has 2 N–H and O–H groups in total. The van der Waals surface area contributed by atoms with Gasteiger partial charge in [-0.1, -0.05) is 11.6 Å². The van der Waals surface area contributed by atoms with Crippen LogP contribution in [0.3, 0.4) is 0 Å². The third-order valence-electron chi connectivity index (χ3n) is 9.46. The molecule has 3 saturated heterocycles. The van der Waals surface area contributed by atoms with Gasteiger partial charge in [-0.25, -0.2) is 4.39 Å². The second kappa shape index (κ2) is 10.0. The average Bonchev–Trinajstić information content (AvgIpc) is 3.29. The summed E-state index contributed by atoms with van der Waals surface area (Å²) in [5.74, 6) is 0.868. The molecule has 7 rings (SSSR count). The molecule has 5 aliphatic rings. The molecule has 39 heavy (non-hydrogen) atoms. The van der Waals surface area contributed by atoms with E-state index in [4.69, 9.17) is 41.5 Å². The second-order valence-corrected chi connectivity index (χ2v) is 12.3. The summed E-state index contributed by atoms with van der Waals surface area (Å²) in [4.78, 5) is 14.5. The standard InChI is InChI=1S/C29H37ClFN5O3/c30-24-13-20(32)12-23-21(24)4-1-6-29(23)15-25-22(17-39-29)26(35-7-3-10-37-11-9-35)34-27(33-25)38-18-28-5-2-8-36(28)16-19(31)14-28/h12-13,19H,1-11,14-18,32H2/t19-,28+,29+/m1/s1. The first-order chi connectivity index (χ1) is 18.9. The van der Waals surface area contributed by atoms with Crippen molar-refractivity contribution in [3.63, 3.8) is 0 Å². The van der Waals surface area contributed by atoms with Crippen molar-refractivity contribution in [2.45, 2.75) is 75.3 Å². The predicted molar refractivity (Wildman–Crippen MR) is 147 cm³/mol. The van der Waals surface area contributed by atoms with Crippen molar-refractivity contribution < 1.29 is 18.6 Å². The van der Waals surface area contributed by atoms with Crippen LogP contribution in [0, 0.1) is 0 Å². The molecule has 0 amide bonds. The number of halogens is 2. The van der Waals surface area contributed by atoms with Gasteiger partial charge in [0, 0.05) is 55.4 Å². The van der Waals surface area contributed by atoms with Crippen molar-refractivity contribution in [1.82, 2.24) is 14.9 Å². The molecule has 3 atom stereocenters. The minimum Gasteiger partial charge on any atom is -0.461 e. The van der Waals surface area contributed by atoms with E-state index >= 15 is 0 Å². The smallest absolute Gasteiger partial charge is 0.318 e. The summed E-state index contributed by atoms with van der Waals surface area (Å²) < 4.78 is 33.2. The van der Waals surface area contributed by atoms with Crippen LogP contribution in [0.4, 0.5) is 15.9 Å². The van der Waals surface area contributed by atoms with E-state index in [1.165, 1.54) is 0 Å². The van der Waals surface area contributed by atoms with Crippen LogP contribution in [0.2, 0.25) is 5.02 Å². The Balaban J connectivity index is 1.25. The topological polar surface area (TPSA) is 86.0 Å². The summed E-state index contributed by atoms with van der Waals surface area (Å²) in [6, 6.07) is 4.23. The summed E-state index contributed by atoms with van der Waals surface area (Å²) in [7, 11) is 0. The molecular formula is C29H37ClFN5O3. The number of hydrogen-bond donors (Lipinski definition) is 1. The molecule has 1 aromatic carbocycles. The fourth-order valence-corrected chi connectivity index (χ4v) is 7.91. The van der Waals surface area contributed by atoms with E-state index < -0.39 is 11.8 Å². The fraction of sp³-hybridized carbons (Fsp3) is 0.655. The molecule has 0 unspecified atom stereocenters. The first-order valence-corrected chi connectivity index (χ1v) is 14.8. The van der Waals surface area contributed by atoms with Crippen LogP contribution in [-0.2, 0) is 34.5 Å². The highest BCUT2D eigenvalue weighted by atomic mass is 35.5. The minimum absolute atomic E-state index is 0.254. The molecule has 0 saturated carbocycles. The van der Waals surface area contributed by atoms with Crippen LogP contribution in [0.15, 0.2) is 12.1 Å². The Bertz CT molecular complexity index is 1260. The van der Waals surface area contributed by atoms with Gasteiger partial charge in [0.05, 0.1) is 30.0 Å². The lowest BCUT2D eigenvalue weighted by Gasteiger charge is -2.43. The molecule has 3 fully saturated rings. The van der Waals surface area contributed by atoms with Gasteiger partial charge >= 0.3 is 6.01 Å². The second-order valence-electron chi connectivity index (χ2n) is 11.9. The van der Waals surface area contributed by atoms with Gasteiger partial charge in [0.15, 0.2) is 0 Å². The first-order valence-electron chi connectivity index (χ1n) is 14.4. The van der Waals surface area contributed by atoms with Gasteiger partial charge in [-0.15, -0.1) is 0 Å². The van der Waals surface area contributed by atoms with E-state index in [-0.39, 0.29) is 5.54 Å². The van der Waals surface area contributed by atoms with Crippen molar-refractivity contribution in [3.8, 4) is 6.01 Å². The number of fused-ring (bicyclic) bond motifs is 4. The monoisotopic (exact) mass is 557 g/mol. The Morgan fingerprint density at radius 2 is 2.03 bits per heavy atom. The summed E-state index contributed by atoms with van der Waals surface area (Å²) in [6.45, 7) is 5.25. The maximum absolute atomic E-state index is 14.4. The quantitative estimate of drug-likeness (QED) is 0.560. The number of benzene rings is 1. The number of hydrogen-bond acceptors (Lipinski definition) is 8. The maximum Gasteiger partial charge on any atom is 0.318 e. The fourth-order valence-electron chi connectivity index (χ4n) is 7.59. The molecule has 0 bridgehead atoms. The lowest BCUT2D eigenvalue weighted by molar-refractivity contribution is -0.0855. The Labute approximate surface area is 234 Å². The van der Waals surface area contributed by atoms with Crippen LogP contribution in [0.1, 0.15) is 60.9 Å². The van der Waals surface area contributed by atoms with Crippen LogP contribution >= 0.6 is 11.6 Å². The lowest BCUT2D eigenvalue weighted by atomic mass is 9.74. The van der Waals surface area contributed by atoms with Crippen molar-refractivity contribution in [1.29, 1.82) is 0 Å². The Kier molecular flexibility index (Phi) is 6.61. The highest BCUT2D eigenvalue weighted by molar-refractivity contribution is 6.31. The van der Waals surface area contributed by atoms with Crippen LogP contribution < -0.4 is 15.4 Å².